The van der Waals surface area contributed by atoms with Crippen molar-refractivity contribution < 1.29 is 5.11 Å². The maximum Gasteiger partial charge on any atom is 0.137 e. The van der Waals surface area contributed by atoms with Crippen LogP contribution in [0.4, 0.5) is 0 Å². The molecule has 0 spiro atoms. The molecule has 0 saturated carbocycles. The van der Waals surface area contributed by atoms with Gasteiger partial charge in [-0.05, 0) is 19.4 Å². The molecule has 1 heterocycles. The van der Waals surface area contributed by atoms with Gasteiger partial charge in [0.25, 0.3) is 0 Å². The van der Waals surface area contributed by atoms with Crippen LogP contribution in [-0.2, 0) is 6.54 Å². The van der Waals surface area contributed by atoms with E-state index in [4.69, 9.17) is 5.73 Å². The van der Waals surface area contributed by atoms with Gasteiger partial charge in [-0.25, -0.2) is 4.98 Å². The van der Waals surface area contributed by atoms with E-state index in [9.17, 15) is 5.11 Å². The first-order valence-electron chi connectivity index (χ1n) is 4.03. The quantitative estimate of drug-likeness (QED) is 0.617. The van der Waals surface area contributed by atoms with Crippen molar-refractivity contribution in [2.24, 2.45) is 5.73 Å². The largest absolute Gasteiger partial charge is 0.393 e. The van der Waals surface area contributed by atoms with Crippen molar-refractivity contribution in [1.29, 1.82) is 0 Å². The standard InChI is InChI=1S/C7H14N4O/c8-3-1-7(12)2-4-11-6-9-5-10-11/h5-7,12H,1-4,8H2/t7-/m1/s1. The van der Waals surface area contributed by atoms with Crippen LogP contribution in [0.1, 0.15) is 12.8 Å². The second kappa shape index (κ2) is 4.84. The molecule has 1 rings (SSSR count). The fraction of sp³-hybridized carbons (Fsp3) is 0.714. The van der Waals surface area contributed by atoms with Gasteiger partial charge in [-0.15, -0.1) is 0 Å². The molecular formula is C7H14N4O. The molecule has 5 heteroatoms. The normalized spacial score (nSPS) is 13.2. The molecule has 0 saturated heterocycles. The summed E-state index contributed by atoms with van der Waals surface area (Å²) in [6, 6.07) is 0. The maximum atomic E-state index is 9.31. The van der Waals surface area contributed by atoms with Gasteiger partial charge in [0.1, 0.15) is 12.7 Å². The minimum atomic E-state index is -0.320. The molecule has 0 amide bonds. The van der Waals surface area contributed by atoms with Crippen molar-refractivity contribution in [3.63, 3.8) is 0 Å². The average Bonchev–Trinajstić information content (AvgIpc) is 2.53. The molecule has 0 bridgehead atoms. The zero-order valence-electron chi connectivity index (χ0n) is 6.93. The van der Waals surface area contributed by atoms with E-state index in [1.165, 1.54) is 6.33 Å². The van der Waals surface area contributed by atoms with Crippen molar-refractivity contribution in [2.45, 2.75) is 25.5 Å². The predicted molar refractivity (Wildman–Crippen MR) is 44.3 cm³/mol. The van der Waals surface area contributed by atoms with Crippen LogP contribution in [0.3, 0.4) is 0 Å². The zero-order valence-corrected chi connectivity index (χ0v) is 6.93. The van der Waals surface area contributed by atoms with Gasteiger partial charge in [0.05, 0.1) is 6.10 Å². The van der Waals surface area contributed by atoms with Crippen LogP contribution in [0.5, 0.6) is 0 Å². The van der Waals surface area contributed by atoms with Gasteiger partial charge in [-0.1, -0.05) is 0 Å². The van der Waals surface area contributed by atoms with E-state index in [2.05, 4.69) is 10.1 Å². The number of rotatable bonds is 5. The van der Waals surface area contributed by atoms with E-state index >= 15 is 0 Å². The molecule has 0 fully saturated rings. The van der Waals surface area contributed by atoms with Crippen molar-refractivity contribution in [2.75, 3.05) is 6.54 Å². The van der Waals surface area contributed by atoms with Crippen molar-refractivity contribution in [3.05, 3.63) is 12.7 Å². The summed E-state index contributed by atoms with van der Waals surface area (Å²) in [7, 11) is 0. The molecule has 0 radical (unpaired) electrons. The number of hydrogen-bond donors (Lipinski definition) is 2. The number of nitrogens with two attached hydrogens (primary N) is 1. The van der Waals surface area contributed by atoms with Gasteiger partial charge in [0, 0.05) is 6.54 Å². The van der Waals surface area contributed by atoms with Crippen LogP contribution in [0.15, 0.2) is 12.7 Å². The zero-order chi connectivity index (χ0) is 8.81. The Morgan fingerprint density at radius 1 is 1.50 bits per heavy atom. The van der Waals surface area contributed by atoms with Crippen LogP contribution in [0.25, 0.3) is 0 Å². The lowest BCUT2D eigenvalue weighted by molar-refractivity contribution is 0.150. The van der Waals surface area contributed by atoms with E-state index in [0.717, 1.165) is 0 Å². The van der Waals surface area contributed by atoms with Crippen LogP contribution >= 0.6 is 0 Å². The fourth-order valence-electron chi connectivity index (χ4n) is 0.966. The summed E-state index contributed by atoms with van der Waals surface area (Å²) in [4.78, 5) is 3.79. The molecule has 1 aromatic rings. The van der Waals surface area contributed by atoms with E-state index in [0.29, 0.717) is 25.9 Å². The highest BCUT2D eigenvalue weighted by molar-refractivity contribution is 4.60. The highest BCUT2D eigenvalue weighted by Gasteiger charge is 2.02. The van der Waals surface area contributed by atoms with Crippen LogP contribution < -0.4 is 5.73 Å². The number of aryl methyl sites for hydroxylation is 1. The van der Waals surface area contributed by atoms with Gasteiger partial charge in [-0.3, -0.25) is 4.68 Å². The third kappa shape index (κ3) is 2.98. The lowest BCUT2D eigenvalue weighted by atomic mass is 10.2. The Labute approximate surface area is 71.2 Å². The molecular weight excluding hydrogens is 156 g/mol. The highest BCUT2D eigenvalue weighted by atomic mass is 16.3. The summed E-state index contributed by atoms with van der Waals surface area (Å²) in [5.41, 5.74) is 5.28. The minimum Gasteiger partial charge on any atom is -0.393 e. The lowest BCUT2D eigenvalue weighted by Crippen LogP contribution is -2.15. The van der Waals surface area contributed by atoms with E-state index in [-0.39, 0.29) is 6.10 Å². The maximum absolute atomic E-state index is 9.31. The Bertz CT molecular complexity index is 199. The summed E-state index contributed by atoms with van der Waals surface area (Å²) in [6.07, 6.45) is 4.12. The van der Waals surface area contributed by atoms with Crippen molar-refractivity contribution >= 4 is 0 Å². The molecule has 1 aromatic heterocycles. The first-order valence-corrected chi connectivity index (χ1v) is 4.03. The molecule has 3 N–H and O–H groups in total. The van der Waals surface area contributed by atoms with Gasteiger partial charge in [-0.2, -0.15) is 5.10 Å². The summed E-state index contributed by atoms with van der Waals surface area (Å²) < 4.78 is 1.69. The molecule has 1 atom stereocenters. The van der Waals surface area contributed by atoms with Gasteiger partial charge >= 0.3 is 0 Å². The topological polar surface area (TPSA) is 77.0 Å². The third-order valence-electron chi connectivity index (χ3n) is 1.66. The Balaban J connectivity index is 2.17. The van der Waals surface area contributed by atoms with Crippen molar-refractivity contribution in [3.8, 4) is 0 Å². The van der Waals surface area contributed by atoms with Gasteiger partial charge in [0.2, 0.25) is 0 Å². The number of nitrogens with zero attached hydrogens (tertiary/aromatic N) is 3. The molecule has 0 aromatic carbocycles. The molecule has 12 heavy (non-hydrogen) atoms. The summed E-state index contributed by atoms with van der Waals surface area (Å²) >= 11 is 0. The Hall–Kier alpha value is -0.940. The summed E-state index contributed by atoms with van der Waals surface area (Å²) in [5, 5.41) is 13.2. The third-order valence-corrected chi connectivity index (χ3v) is 1.66. The first-order chi connectivity index (χ1) is 5.83. The lowest BCUT2D eigenvalue weighted by Gasteiger charge is -2.07. The molecule has 0 aliphatic rings. The van der Waals surface area contributed by atoms with E-state index in [1.54, 1.807) is 11.0 Å². The number of aromatic nitrogens is 3. The molecule has 0 aliphatic carbocycles. The average molecular weight is 170 g/mol. The van der Waals surface area contributed by atoms with Crippen LogP contribution in [-0.4, -0.2) is 32.5 Å². The Kier molecular flexibility index (Phi) is 3.69. The molecule has 0 unspecified atom stereocenters. The van der Waals surface area contributed by atoms with Crippen LogP contribution in [0, 0.1) is 0 Å². The van der Waals surface area contributed by atoms with Crippen molar-refractivity contribution in [1.82, 2.24) is 14.8 Å². The SMILES string of the molecule is NCC[C@@H](O)CCn1cncn1. The minimum absolute atomic E-state index is 0.320. The second-order valence-electron chi connectivity index (χ2n) is 2.68. The second-order valence-corrected chi connectivity index (χ2v) is 2.68. The fourth-order valence-corrected chi connectivity index (χ4v) is 0.966. The van der Waals surface area contributed by atoms with Crippen LogP contribution in [0.2, 0.25) is 0 Å². The Morgan fingerprint density at radius 2 is 2.33 bits per heavy atom. The van der Waals surface area contributed by atoms with E-state index in [1.807, 2.05) is 0 Å². The first kappa shape index (κ1) is 9.15. The van der Waals surface area contributed by atoms with Gasteiger partial charge in [0.15, 0.2) is 0 Å². The van der Waals surface area contributed by atoms with E-state index < -0.39 is 0 Å². The molecule has 68 valence electrons. The highest BCUT2D eigenvalue weighted by Crippen LogP contribution is 1.97. The van der Waals surface area contributed by atoms with Gasteiger partial charge < -0.3 is 10.8 Å². The monoisotopic (exact) mass is 170 g/mol. The smallest absolute Gasteiger partial charge is 0.137 e. The number of aliphatic hydroxyl groups is 1. The Morgan fingerprint density at radius 3 is 2.92 bits per heavy atom. The molecule has 0 aliphatic heterocycles. The summed E-state index contributed by atoms with van der Waals surface area (Å²) in [5.74, 6) is 0. The number of aliphatic hydroxyl groups excluding tert-OH is 1. The number of hydrogen-bond acceptors (Lipinski definition) is 4. The predicted octanol–water partition coefficient (Wildman–Crippen LogP) is -0.622. The summed E-state index contributed by atoms with van der Waals surface area (Å²) in [6.45, 7) is 1.22. The molecule has 5 nitrogen and oxygen atoms in total.